The lowest BCUT2D eigenvalue weighted by atomic mass is 10.1. The van der Waals surface area contributed by atoms with Crippen LogP contribution in [0, 0.1) is 0 Å². The lowest BCUT2D eigenvalue weighted by Crippen LogP contribution is -2.21. The van der Waals surface area contributed by atoms with Crippen molar-refractivity contribution in [3.63, 3.8) is 0 Å². The topological polar surface area (TPSA) is 87.0 Å². The van der Waals surface area contributed by atoms with Crippen LogP contribution in [-0.4, -0.2) is 32.7 Å². The van der Waals surface area contributed by atoms with Crippen LogP contribution in [-0.2, 0) is 20.7 Å². The number of carbonyl (C=O) groups excluding carboxylic acids is 2. The predicted molar refractivity (Wildman–Crippen MR) is 99.1 cm³/mol. The van der Waals surface area contributed by atoms with Crippen molar-refractivity contribution in [2.45, 2.75) is 6.42 Å². The Balaban J connectivity index is 1.52. The molecule has 0 fully saturated rings. The molecule has 0 bridgehead atoms. The van der Waals surface area contributed by atoms with Crippen LogP contribution < -0.4 is 14.8 Å². The third kappa shape index (κ3) is 4.58. The highest BCUT2D eigenvalue weighted by molar-refractivity contribution is 5.93. The second-order valence-electron chi connectivity index (χ2n) is 5.74. The summed E-state index contributed by atoms with van der Waals surface area (Å²) in [4.78, 5) is 23.9. The monoisotopic (exact) mass is 369 g/mol. The Morgan fingerprint density at radius 1 is 1.00 bits per heavy atom. The smallest absolute Gasteiger partial charge is 0.310 e. The number of hydrogen-bond donors (Lipinski definition) is 1. The van der Waals surface area contributed by atoms with Crippen LogP contribution >= 0.6 is 0 Å². The molecule has 2 aromatic carbocycles. The highest BCUT2D eigenvalue weighted by Gasteiger charge is 2.13. The molecule has 0 atom stereocenters. The van der Waals surface area contributed by atoms with Gasteiger partial charge in [0.05, 0.1) is 26.9 Å². The van der Waals surface area contributed by atoms with E-state index in [4.69, 9.17) is 18.6 Å². The molecule has 1 N–H and O–H groups in total. The first-order valence-electron chi connectivity index (χ1n) is 8.22. The fourth-order valence-electron chi connectivity index (χ4n) is 2.55. The zero-order chi connectivity index (χ0) is 19.2. The largest absolute Gasteiger partial charge is 0.497 e. The quantitative estimate of drug-likeness (QED) is 0.644. The summed E-state index contributed by atoms with van der Waals surface area (Å²) in [5, 5.41) is 3.45. The van der Waals surface area contributed by atoms with Crippen molar-refractivity contribution in [2.24, 2.45) is 0 Å². The highest BCUT2D eigenvalue weighted by atomic mass is 16.5. The minimum absolute atomic E-state index is 0.00907. The first-order valence-corrected chi connectivity index (χ1v) is 8.22. The number of anilines is 1. The Morgan fingerprint density at radius 2 is 1.70 bits per heavy atom. The number of furan rings is 1. The average molecular weight is 369 g/mol. The Bertz CT molecular complexity index is 945. The van der Waals surface area contributed by atoms with Crippen LogP contribution in [0.4, 0.5) is 5.69 Å². The van der Waals surface area contributed by atoms with E-state index >= 15 is 0 Å². The molecule has 7 nitrogen and oxygen atoms in total. The van der Waals surface area contributed by atoms with Crippen LogP contribution in [0.1, 0.15) is 5.56 Å². The van der Waals surface area contributed by atoms with E-state index in [2.05, 4.69) is 5.32 Å². The van der Waals surface area contributed by atoms with Gasteiger partial charge in [0, 0.05) is 22.7 Å². The molecule has 0 spiro atoms. The van der Waals surface area contributed by atoms with Gasteiger partial charge in [-0.2, -0.15) is 0 Å². The average Bonchev–Trinajstić information content (AvgIpc) is 3.09. The summed E-state index contributed by atoms with van der Waals surface area (Å²) < 4.78 is 20.7. The zero-order valence-electron chi connectivity index (χ0n) is 15.0. The Labute approximate surface area is 155 Å². The number of fused-ring (bicyclic) bond motifs is 1. The molecule has 1 aromatic heterocycles. The minimum atomic E-state index is -0.515. The molecule has 0 radical (unpaired) electrons. The lowest BCUT2D eigenvalue weighted by Gasteiger charge is -2.07. The van der Waals surface area contributed by atoms with Crippen LogP contribution in [0.3, 0.4) is 0 Å². The van der Waals surface area contributed by atoms with E-state index in [-0.39, 0.29) is 13.0 Å². The van der Waals surface area contributed by atoms with E-state index in [0.717, 1.165) is 5.39 Å². The summed E-state index contributed by atoms with van der Waals surface area (Å²) in [6.45, 7) is -0.367. The normalized spacial score (nSPS) is 10.4. The van der Waals surface area contributed by atoms with Gasteiger partial charge in [-0.15, -0.1) is 0 Å². The minimum Gasteiger partial charge on any atom is -0.497 e. The zero-order valence-corrected chi connectivity index (χ0v) is 15.0. The van der Waals surface area contributed by atoms with E-state index in [1.807, 2.05) is 6.07 Å². The van der Waals surface area contributed by atoms with Crippen molar-refractivity contribution < 1.29 is 28.2 Å². The highest BCUT2D eigenvalue weighted by Crippen LogP contribution is 2.26. The molecular formula is C20H19NO6. The maximum absolute atomic E-state index is 12.0. The molecule has 3 rings (SSSR count). The summed E-state index contributed by atoms with van der Waals surface area (Å²) in [6.07, 6.45) is 1.51. The van der Waals surface area contributed by atoms with Crippen molar-refractivity contribution in [3.05, 3.63) is 54.3 Å². The number of ether oxygens (including phenoxy) is 3. The molecule has 0 saturated carbocycles. The Hall–Kier alpha value is -3.48. The molecule has 27 heavy (non-hydrogen) atoms. The number of amides is 1. The number of benzene rings is 2. The fraction of sp³-hybridized carbons (Fsp3) is 0.200. The summed E-state index contributed by atoms with van der Waals surface area (Å²) in [5.41, 5.74) is 1.90. The summed E-state index contributed by atoms with van der Waals surface area (Å²) in [5.74, 6) is 0.416. The van der Waals surface area contributed by atoms with E-state index < -0.39 is 11.9 Å². The number of carbonyl (C=O) groups is 2. The van der Waals surface area contributed by atoms with E-state index in [1.165, 1.54) is 6.26 Å². The molecule has 0 aliphatic rings. The van der Waals surface area contributed by atoms with Gasteiger partial charge in [0.2, 0.25) is 0 Å². The summed E-state index contributed by atoms with van der Waals surface area (Å²) in [6, 6.07) is 12.2. The van der Waals surface area contributed by atoms with Crippen molar-refractivity contribution >= 4 is 28.5 Å². The van der Waals surface area contributed by atoms with Gasteiger partial charge in [-0.05, 0) is 36.4 Å². The molecule has 0 aliphatic carbocycles. The van der Waals surface area contributed by atoms with E-state index in [1.54, 1.807) is 50.6 Å². The second kappa shape index (κ2) is 8.27. The third-order valence-corrected chi connectivity index (χ3v) is 3.94. The first-order chi connectivity index (χ1) is 13.1. The van der Waals surface area contributed by atoms with Crippen molar-refractivity contribution in [3.8, 4) is 11.5 Å². The molecular weight excluding hydrogens is 350 g/mol. The van der Waals surface area contributed by atoms with Crippen LogP contribution in [0.2, 0.25) is 0 Å². The maximum atomic E-state index is 12.0. The van der Waals surface area contributed by atoms with Crippen molar-refractivity contribution in [2.75, 3.05) is 26.1 Å². The van der Waals surface area contributed by atoms with Gasteiger partial charge in [0.25, 0.3) is 5.91 Å². The molecule has 1 amide bonds. The van der Waals surface area contributed by atoms with Gasteiger partial charge >= 0.3 is 5.97 Å². The Morgan fingerprint density at radius 3 is 2.41 bits per heavy atom. The van der Waals surface area contributed by atoms with Gasteiger partial charge in [-0.3, -0.25) is 9.59 Å². The molecule has 3 aromatic rings. The molecule has 1 heterocycles. The summed E-state index contributed by atoms with van der Waals surface area (Å²) >= 11 is 0. The standard InChI is InChI=1S/C20H19NO6/c1-24-15-5-3-14(4-6-15)21-19(22)12-27-20(23)9-13-11-26-18-10-16(25-2)7-8-17(13)18/h3-8,10-11H,9,12H2,1-2H3,(H,21,22). The molecule has 0 saturated heterocycles. The van der Waals surface area contributed by atoms with Crippen molar-refractivity contribution in [1.29, 1.82) is 0 Å². The third-order valence-electron chi connectivity index (χ3n) is 3.94. The van der Waals surface area contributed by atoms with E-state index in [9.17, 15) is 9.59 Å². The number of rotatable bonds is 7. The van der Waals surface area contributed by atoms with Crippen molar-refractivity contribution in [1.82, 2.24) is 0 Å². The Kier molecular flexibility index (Phi) is 5.61. The predicted octanol–water partition coefficient (Wildman–Crippen LogP) is 3.17. The molecule has 0 unspecified atom stereocenters. The number of esters is 1. The first kappa shape index (κ1) is 18.3. The molecule has 7 heteroatoms. The lowest BCUT2D eigenvalue weighted by molar-refractivity contribution is -0.146. The number of hydrogen-bond acceptors (Lipinski definition) is 6. The van der Waals surface area contributed by atoms with Gasteiger partial charge in [-0.25, -0.2) is 0 Å². The number of methoxy groups -OCH3 is 2. The number of nitrogens with one attached hydrogen (secondary N) is 1. The van der Waals surface area contributed by atoms with Gasteiger partial charge in [0.15, 0.2) is 6.61 Å². The summed E-state index contributed by atoms with van der Waals surface area (Å²) in [7, 11) is 3.13. The van der Waals surface area contributed by atoms with Gasteiger partial charge in [0.1, 0.15) is 17.1 Å². The van der Waals surface area contributed by atoms with Gasteiger partial charge < -0.3 is 23.9 Å². The van der Waals surface area contributed by atoms with Crippen LogP contribution in [0.15, 0.2) is 53.1 Å². The van der Waals surface area contributed by atoms with Crippen LogP contribution in [0.25, 0.3) is 11.0 Å². The molecule has 140 valence electrons. The SMILES string of the molecule is COc1ccc(NC(=O)COC(=O)Cc2coc3cc(OC)ccc23)cc1. The van der Waals surface area contributed by atoms with Gasteiger partial charge in [-0.1, -0.05) is 0 Å². The fourth-order valence-corrected chi connectivity index (χ4v) is 2.55. The van der Waals surface area contributed by atoms with Crippen LogP contribution in [0.5, 0.6) is 11.5 Å². The molecule has 0 aliphatic heterocycles. The second-order valence-corrected chi connectivity index (χ2v) is 5.74. The maximum Gasteiger partial charge on any atom is 0.310 e. The van der Waals surface area contributed by atoms with E-state index in [0.29, 0.717) is 28.3 Å².